The Morgan fingerprint density at radius 2 is 1.79 bits per heavy atom. The summed E-state index contributed by atoms with van der Waals surface area (Å²) in [6.07, 6.45) is 3.65. The number of ketones is 1. The lowest BCUT2D eigenvalue weighted by Crippen LogP contribution is -2.33. The molecule has 1 aromatic carbocycles. The van der Waals surface area contributed by atoms with Crippen LogP contribution in [0.1, 0.15) is 58.8 Å². The van der Waals surface area contributed by atoms with Gasteiger partial charge in [0.05, 0.1) is 11.8 Å². The first kappa shape index (κ1) is 21.0. The number of likely N-dealkylation sites (tertiary alicyclic amines) is 1. The van der Waals surface area contributed by atoms with Gasteiger partial charge in [-0.25, -0.2) is 4.39 Å². The van der Waals surface area contributed by atoms with Crippen LogP contribution in [0.5, 0.6) is 0 Å². The number of thioether (sulfide) groups is 1. The van der Waals surface area contributed by atoms with E-state index in [-0.39, 0.29) is 17.6 Å². The van der Waals surface area contributed by atoms with E-state index in [0.29, 0.717) is 10.9 Å². The normalized spacial score (nSPS) is 16.9. The van der Waals surface area contributed by atoms with Gasteiger partial charge in [0.2, 0.25) is 0 Å². The molecule has 7 heteroatoms. The van der Waals surface area contributed by atoms with E-state index in [2.05, 4.69) is 22.0 Å². The van der Waals surface area contributed by atoms with Crippen LogP contribution in [0.15, 0.2) is 29.4 Å². The molecule has 0 spiro atoms. The number of Topliss-reactive ketones (excluding diaryl/α,β-unsaturated/α-hetero) is 1. The zero-order valence-corrected chi connectivity index (χ0v) is 17.9. The van der Waals surface area contributed by atoms with Crippen molar-refractivity contribution in [3.63, 3.8) is 0 Å². The zero-order valence-electron chi connectivity index (χ0n) is 17.1. The van der Waals surface area contributed by atoms with Crippen LogP contribution >= 0.6 is 11.8 Å². The van der Waals surface area contributed by atoms with Crippen molar-refractivity contribution >= 4 is 17.5 Å². The van der Waals surface area contributed by atoms with Crippen molar-refractivity contribution in [2.75, 3.05) is 18.8 Å². The summed E-state index contributed by atoms with van der Waals surface area (Å²) in [7, 11) is 0. The number of benzene rings is 1. The van der Waals surface area contributed by atoms with Crippen LogP contribution < -0.4 is 0 Å². The number of nitrogens with zero attached hydrogens (tertiary/aromatic N) is 4. The van der Waals surface area contributed by atoms with E-state index in [0.717, 1.165) is 24.6 Å². The standard InChI is InChI=1S/C21H29FN4OS/c1-15(25-12-6-5-7-13-25)19-23-24-20(28-14-18(27)21(2,3)4)26(19)17-10-8-16(22)9-11-17/h8-11,15H,5-7,12-14H2,1-4H3. The van der Waals surface area contributed by atoms with E-state index in [9.17, 15) is 9.18 Å². The fourth-order valence-electron chi connectivity index (χ4n) is 3.29. The van der Waals surface area contributed by atoms with Crippen molar-refractivity contribution in [1.82, 2.24) is 19.7 Å². The van der Waals surface area contributed by atoms with Crippen molar-refractivity contribution in [3.05, 3.63) is 35.9 Å². The highest BCUT2D eigenvalue weighted by atomic mass is 32.2. The Bertz CT molecular complexity index is 807. The minimum absolute atomic E-state index is 0.102. The summed E-state index contributed by atoms with van der Waals surface area (Å²) in [5, 5.41) is 9.53. The first-order valence-electron chi connectivity index (χ1n) is 9.89. The van der Waals surface area contributed by atoms with E-state index in [1.165, 1.54) is 43.2 Å². The zero-order chi connectivity index (χ0) is 20.3. The average Bonchev–Trinajstić information content (AvgIpc) is 3.10. The molecule has 28 heavy (non-hydrogen) atoms. The maximum atomic E-state index is 13.5. The van der Waals surface area contributed by atoms with Gasteiger partial charge >= 0.3 is 0 Å². The molecule has 1 aliphatic rings. The smallest absolute Gasteiger partial charge is 0.196 e. The van der Waals surface area contributed by atoms with Gasteiger partial charge in [0, 0.05) is 11.1 Å². The highest BCUT2D eigenvalue weighted by molar-refractivity contribution is 7.99. The summed E-state index contributed by atoms with van der Waals surface area (Å²) >= 11 is 1.39. The summed E-state index contributed by atoms with van der Waals surface area (Å²) in [6.45, 7) is 9.99. The Labute approximate surface area is 170 Å². The predicted molar refractivity (Wildman–Crippen MR) is 110 cm³/mol. The highest BCUT2D eigenvalue weighted by Crippen LogP contribution is 2.30. The Hall–Kier alpha value is -1.73. The van der Waals surface area contributed by atoms with Crippen LogP contribution in [0, 0.1) is 11.2 Å². The van der Waals surface area contributed by atoms with Gasteiger partial charge in [0.1, 0.15) is 11.6 Å². The lowest BCUT2D eigenvalue weighted by atomic mass is 9.92. The van der Waals surface area contributed by atoms with E-state index in [1.807, 2.05) is 25.3 Å². The number of carbonyl (C=O) groups is 1. The molecule has 3 rings (SSSR count). The minimum atomic E-state index is -0.391. The molecule has 0 N–H and O–H groups in total. The molecule has 0 radical (unpaired) electrons. The largest absolute Gasteiger partial charge is 0.298 e. The molecule has 2 aromatic rings. The highest BCUT2D eigenvalue weighted by Gasteiger charge is 2.27. The van der Waals surface area contributed by atoms with Gasteiger partial charge in [-0.1, -0.05) is 39.0 Å². The van der Waals surface area contributed by atoms with Crippen LogP contribution in [0.25, 0.3) is 5.69 Å². The van der Waals surface area contributed by atoms with Crippen LogP contribution in [-0.4, -0.2) is 44.3 Å². The number of hydrogen-bond acceptors (Lipinski definition) is 5. The third-order valence-corrected chi connectivity index (χ3v) is 6.15. The van der Waals surface area contributed by atoms with Gasteiger partial charge in [-0.05, 0) is 57.1 Å². The second-order valence-electron chi connectivity index (χ2n) is 8.39. The molecule has 2 heterocycles. The molecule has 5 nitrogen and oxygen atoms in total. The van der Waals surface area contributed by atoms with Crippen molar-refractivity contribution < 1.29 is 9.18 Å². The van der Waals surface area contributed by atoms with Crippen molar-refractivity contribution in [3.8, 4) is 5.69 Å². The quantitative estimate of drug-likeness (QED) is 0.656. The molecule has 0 amide bonds. The summed E-state index contributed by atoms with van der Waals surface area (Å²) < 4.78 is 15.4. The number of halogens is 1. The molecule has 0 aliphatic carbocycles. The third-order valence-electron chi connectivity index (χ3n) is 5.22. The number of aromatic nitrogens is 3. The Morgan fingerprint density at radius 3 is 2.39 bits per heavy atom. The molecule has 0 saturated carbocycles. The van der Waals surface area contributed by atoms with Gasteiger partial charge in [-0.3, -0.25) is 14.3 Å². The van der Waals surface area contributed by atoms with E-state index in [1.54, 1.807) is 12.1 Å². The molecule has 1 unspecified atom stereocenters. The van der Waals surface area contributed by atoms with Crippen LogP contribution in [0.3, 0.4) is 0 Å². The van der Waals surface area contributed by atoms with Crippen LogP contribution in [0.4, 0.5) is 4.39 Å². The fourth-order valence-corrected chi connectivity index (χ4v) is 4.41. The van der Waals surface area contributed by atoms with Gasteiger partial charge in [-0.15, -0.1) is 10.2 Å². The number of carbonyl (C=O) groups excluding carboxylic acids is 1. The Balaban J connectivity index is 1.92. The van der Waals surface area contributed by atoms with Crippen LogP contribution in [-0.2, 0) is 4.79 Å². The van der Waals surface area contributed by atoms with E-state index < -0.39 is 5.41 Å². The number of piperidine rings is 1. The molecule has 1 fully saturated rings. The lowest BCUT2D eigenvalue weighted by Gasteiger charge is -2.31. The average molecular weight is 405 g/mol. The number of hydrogen-bond donors (Lipinski definition) is 0. The first-order valence-corrected chi connectivity index (χ1v) is 10.9. The number of rotatable bonds is 6. The second kappa shape index (κ2) is 8.74. The summed E-state index contributed by atoms with van der Waals surface area (Å²) in [6, 6.07) is 6.46. The van der Waals surface area contributed by atoms with Gasteiger partial charge in [0.15, 0.2) is 11.0 Å². The van der Waals surface area contributed by atoms with Gasteiger partial charge in [-0.2, -0.15) is 0 Å². The van der Waals surface area contributed by atoms with Crippen LogP contribution in [0.2, 0.25) is 0 Å². The van der Waals surface area contributed by atoms with Crippen molar-refractivity contribution in [1.29, 1.82) is 0 Å². The summed E-state index contributed by atoms with van der Waals surface area (Å²) in [5.74, 6) is 1.05. The van der Waals surface area contributed by atoms with Gasteiger partial charge in [0.25, 0.3) is 0 Å². The maximum absolute atomic E-state index is 13.5. The molecule has 1 atom stereocenters. The van der Waals surface area contributed by atoms with Crippen molar-refractivity contribution in [2.24, 2.45) is 5.41 Å². The fraction of sp³-hybridized carbons (Fsp3) is 0.571. The molecular weight excluding hydrogens is 375 g/mol. The first-order chi connectivity index (χ1) is 13.3. The molecule has 0 bridgehead atoms. The Kier molecular flexibility index (Phi) is 6.55. The monoisotopic (exact) mass is 404 g/mol. The summed E-state index contributed by atoms with van der Waals surface area (Å²) in [5.41, 5.74) is 0.424. The predicted octanol–water partition coefficient (Wildman–Crippen LogP) is 4.66. The molecule has 1 aromatic heterocycles. The summed E-state index contributed by atoms with van der Waals surface area (Å²) in [4.78, 5) is 14.8. The SMILES string of the molecule is CC(c1nnc(SCC(=O)C(C)(C)C)n1-c1ccc(F)cc1)N1CCCCC1. The van der Waals surface area contributed by atoms with Gasteiger partial charge < -0.3 is 0 Å². The molecule has 1 aliphatic heterocycles. The third kappa shape index (κ3) is 4.81. The van der Waals surface area contributed by atoms with Crippen molar-refractivity contribution in [2.45, 2.75) is 58.2 Å². The second-order valence-corrected chi connectivity index (χ2v) is 9.33. The van der Waals surface area contributed by atoms with E-state index >= 15 is 0 Å². The molecule has 1 saturated heterocycles. The lowest BCUT2D eigenvalue weighted by molar-refractivity contribution is -0.123. The minimum Gasteiger partial charge on any atom is -0.298 e. The Morgan fingerprint density at radius 1 is 1.14 bits per heavy atom. The maximum Gasteiger partial charge on any atom is 0.196 e. The molecule has 152 valence electrons. The topological polar surface area (TPSA) is 51.0 Å². The molecular formula is C21H29FN4OS. The van der Waals surface area contributed by atoms with E-state index in [4.69, 9.17) is 0 Å².